The Morgan fingerprint density at radius 2 is 1.69 bits per heavy atom. The third-order valence-electron chi connectivity index (χ3n) is 5.22. The molecule has 4 rings (SSSR count). The highest BCUT2D eigenvalue weighted by molar-refractivity contribution is 7.99. The minimum atomic E-state index is -3.41. The Kier molecular flexibility index (Phi) is 6.87. The number of aromatic nitrogens is 4. The first kappa shape index (κ1) is 22.4. The van der Waals surface area contributed by atoms with Crippen molar-refractivity contribution in [1.82, 2.24) is 29.4 Å². The largest absolute Gasteiger partial charge is 0.339 e. The smallest absolute Gasteiger partial charge is 0.233 e. The van der Waals surface area contributed by atoms with Crippen molar-refractivity contribution in [1.29, 1.82) is 0 Å². The number of aryl methyl sites for hydroxylation is 1. The Labute approximate surface area is 191 Å². The van der Waals surface area contributed by atoms with Crippen molar-refractivity contribution < 1.29 is 13.2 Å². The molecule has 0 spiro atoms. The van der Waals surface area contributed by atoms with Crippen LogP contribution in [0.15, 0.2) is 59.8 Å². The molecule has 1 aliphatic heterocycles. The van der Waals surface area contributed by atoms with E-state index >= 15 is 0 Å². The van der Waals surface area contributed by atoms with Crippen LogP contribution in [0.1, 0.15) is 11.1 Å². The SMILES string of the molecule is Cc1ccc(-n2nnnc2SCC(=O)N2CCN(S(=O)(=O)Cc3ccccc3)CC2)cc1. The summed E-state index contributed by atoms with van der Waals surface area (Å²) in [4.78, 5) is 14.4. The van der Waals surface area contributed by atoms with Crippen LogP contribution in [-0.4, -0.2) is 75.7 Å². The zero-order valence-electron chi connectivity index (χ0n) is 17.7. The monoisotopic (exact) mass is 472 g/mol. The molecule has 0 unspecified atom stereocenters. The van der Waals surface area contributed by atoms with E-state index < -0.39 is 10.0 Å². The van der Waals surface area contributed by atoms with Gasteiger partial charge < -0.3 is 4.90 Å². The van der Waals surface area contributed by atoms with E-state index in [1.165, 1.54) is 16.1 Å². The van der Waals surface area contributed by atoms with Crippen LogP contribution in [0.5, 0.6) is 0 Å². The van der Waals surface area contributed by atoms with E-state index in [0.717, 1.165) is 16.8 Å². The summed E-state index contributed by atoms with van der Waals surface area (Å²) in [5.74, 6) is 0.0936. The fourth-order valence-corrected chi connectivity index (χ4v) is 5.74. The van der Waals surface area contributed by atoms with Crippen LogP contribution < -0.4 is 0 Å². The van der Waals surface area contributed by atoms with E-state index in [1.54, 1.807) is 21.7 Å². The normalized spacial score (nSPS) is 15.1. The van der Waals surface area contributed by atoms with Gasteiger partial charge in [0.15, 0.2) is 0 Å². The van der Waals surface area contributed by atoms with Crippen LogP contribution in [0.4, 0.5) is 0 Å². The first-order chi connectivity index (χ1) is 15.4. The van der Waals surface area contributed by atoms with Crippen molar-refractivity contribution in [3.63, 3.8) is 0 Å². The second kappa shape index (κ2) is 9.80. The van der Waals surface area contributed by atoms with Gasteiger partial charge in [0.05, 0.1) is 17.2 Å². The average molecular weight is 473 g/mol. The van der Waals surface area contributed by atoms with Gasteiger partial charge in [-0.25, -0.2) is 8.42 Å². The van der Waals surface area contributed by atoms with E-state index in [1.807, 2.05) is 49.4 Å². The molecule has 3 aromatic rings. The molecule has 1 aromatic heterocycles. The van der Waals surface area contributed by atoms with E-state index in [4.69, 9.17) is 0 Å². The predicted molar refractivity (Wildman–Crippen MR) is 122 cm³/mol. The molecule has 0 radical (unpaired) electrons. The average Bonchev–Trinajstić information content (AvgIpc) is 3.27. The van der Waals surface area contributed by atoms with Gasteiger partial charge >= 0.3 is 0 Å². The van der Waals surface area contributed by atoms with Crippen LogP contribution in [0, 0.1) is 6.92 Å². The summed E-state index contributed by atoms with van der Waals surface area (Å²) >= 11 is 1.27. The minimum Gasteiger partial charge on any atom is -0.339 e. The molecule has 1 saturated heterocycles. The highest BCUT2D eigenvalue weighted by Crippen LogP contribution is 2.20. The zero-order valence-corrected chi connectivity index (χ0v) is 19.3. The first-order valence-electron chi connectivity index (χ1n) is 10.2. The molecule has 1 fully saturated rings. The molecule has 0 bridgehead atoms. The second-order valence-corrected chi connectivity index (χ2v) is 10.4. The van der Waals surface area contributed by atoms with Crippen LogP contribution in [-0.2, 0) is 20.6 Å². The van der Waals surface area contributed by atoms with Crippen molar-refractivity contribution >= 4 is 27.7 Å². The number of hydrogen-bond donors (Lipinski definition) is 0. The number of piperazine rings is 1. The molecule has 2 heterocycles. The number of tetrazole rings is 1. The Bertz CT molecular complexity index is 1160. The van der Waals surface area contributed by atoms with Crippen LogP contribution in [0.25, 0.3) is 5.69 Å². The maximum absolute atomic E-state index is 12.7. The fraction of sp³-hybridized carbons (Fsp3) is 0.333. The van der Waals surface area contributed by atoms with Gasteiger partial charge in [-0.15, -0.1) is 5.10 Å². The van der Waals surface area contributed by atoms with Crippen molar-refractivity contribution in [2.75, 3.05) is 31.9 Å². The third-order valence-corrected chi connectivity index (χ3v) is 7.97. The summed E-state index contributed by atoms with van der Waals surface area (Å²) in [7, 11) is -3.41. The lowest BCUT2D eigenvalue weighted by molar-refractivity contribution is -0.129. The number of nitrogens with zero attached hydrogens (tertiary/aromatic N) is 6. The first-order valence-corrected chi connectivity index (χ1v) is 12.8. The molecule has 168 valence electrons. The standard InChI is InChI=1S/C21H24N6O3S2/c1-17-7-9-19(10-8-17)27-21(22-23-24-27)31-15-20(28)25-11-13-26(14-12-25)32(29,30)16-18-5-3-2-4-6-18/h2-10H,11-16H2,1H3. The molecule has 1 amide bonds. The highest BCUT2D eigenvalue weighted by Gasteiger charge is 2.29. The number of rotatable bonds is 7. The molecular weight excluding hydrogens is 448 g/mol. The van der Waals surface area contributed by atoms with Crippen molar-refractivity contribution in [3.8, 4) is 5.69 Å². The number of thioether (sulfide) groups is 1. The number of sulfonamides is 1. The summed E-state index contributed by atoms with van der Waals surface area (Å²) in [6, 6.07) is 16.9. The van der Waals surface area contributed by atoms with Crippen LogP contribution in [0.2, 0.25) is 0 Å². The Hall–Kier alpha value is -2.76. The molecular formula is C21H24N6O3S2. The molecule has 9 nitrogen and oxygen atoms in total. The summed E-state index contributed by atoms with van der Waals surface area (Å²) in [5, 5.41) is 12.3. The second-order valence-electron chi connectivity index (χ2n) is 7.52. The Morgan fingerprint density at radius 3 is 2.38 bits per heavy atom. The van der Waals surface area contributed by atoms with Gasteiger partial charge in [0.1, 0.15) is 0 Å². The maximum atomic E-state index is 12.7. The quantitative estimate of drug-likeness (QED) is 0.483. The molecule has 32 heavy (non-hydrogen) atoms. The summed E-state index contributed by atoms with van der Waals surface area (Å²) in [6.07, 6.45) is 0. The van der Waals surface area contributed by atoms with Gasteiger partial charge in [-0.3, -0.25) is 4.79 Å². The van der Waals surface area contributed by atoms with E-state index in [9.17, 15) is 13.2 Å². The topological polar surface area (TPSA) is 101 Å². The summed E-state index contributed by atoms with van der Waals surface area (Å²) in [5.41, 5.74) is 2.72. The molecule has 11 heteroatoms. The Balaban J connectivity index is 1.30. The fourth-order valence-electron chi connectivity index (χ4n) is 3.43. The number of hydrogen-bond acceptors (Lipinski definition) is 7. The van der Waals surface area contributed by atoms with Gasteiger partial charge in [0.25, 0.3) is 0 Å². The van der Waals surface area contributed by atoms with Crippen molar-refractivity contribution in [2.24, 2.45) is 0 Å². The molecule has 0 atom stereocenters. The van der Waals surface area contributed by atoms with Crippen LogP contribution in [0.3, 0.4) is 0 Å². The molecule has 0 N–H and O–H groups in total. The molecule has 2 aromatic carbocycles. The number of carbonyl (C=O) groups is 1. The number of benzene rings is 2. The minimum absolute atomic E-state index is 0.0285. The predicted octanol–water partition coefficient (Wildman–Crippen LogP) is 1.74. The van der Waals surface area contributed by atoms with E-state index in [0.29, 0.717) is 31.3 Å². The highest BCUT2D eigenvalue weighted by atomic mass is 32.2. The zero-order chi connectivity index (χ0) is 22.6. The van der Waals surface area contributed by atoms with Crippen LogP contribution >= 0.6 is 11.8 Å². The van der Waals surface area contributed by atoms with E-state index in [-0.39, 0.29) is 17.4 Å². The summed E-state index contributed by atoms with van der Waals surface area (Å²) < 4.78 is 28.5. The summed E-state index contributed by atoms with van der Waals surface area (Å²) in [6.45, 7) is 3.34. The lowest BCUT2D eigenvalue weighted by Gasteiger charge is -2.34. The van der Waals surface area contributed by atoms with Crippen molar-refractivity contribution in [3.05, 3.63) is 65.7 Å². The van der Waals surface area contributed by atoms with Gasteiger partial charge in [0, 0.05) is 26.2 Å². The molecule has 1 aliphatic rings. The molecule has 0 aliphatic carbocycles. The van der Waals surface area contributed by atoms with Gasteiger partial charge in [-0.2, -0.15) is 8.99 Å². The number of carbonyl (C=O) groups excluding carboxylic acids is 1. The molecule has 0 saturated carbocycles. The Morgan fingerprint density at radius 1 is 1.00 bits per heavy atom. The third kappa shape index (κ3) is 5.34. The lowest BCUT2D eigenvalue weighted by atomic mass is 10.2. The van der Waals surface area contributed by atoms with Crippen molar-refractivity contribution in [2.45, 2.75) is 17.8 Å². The van der Waals surface area contributed by atoms with E-state index in [2.05, 4.69) is 15.5 Å². The number of amides is 1. The maximum Gasteiger partial charge on any atom is 0.233 e. The van der Waals surface area contributed by atoms with Gasteiger partial charge in [0.2, 0.25) is 21.1 Å². The van der Waals surface area contributed by atoms with Gasteiger partial charge in [-0.1, -0.05) is 59.8 Å². The van der Waals surface area contributed by atoms with Gasteiger partial charge in [-0.05, 0) is 35.0 Å². The lowest BCUT2D eigenvalue weighted by Crippen LogP contribution is -2.51.